The second kappa shape index (κ2) is 10.4. The van der Waals surface area contributed by atoms with E-state index in [9.17, 15) is 9.59 Å². The lowest BCUT2D eigenvalue weighted by atomic mass is 9.89. The standard InChI is InChI=1S/C14H24O7/c1-11(18-8-5-9-19-14(17)20-10-15)21-13(16)12-6-3-2-4-7-12/h11-12,15H,2-10H2,1H3. The number of ether oxygens (including phenoxy) is 4. The Balaban J connectivity index is 2.04. The van der Waals surface area contributed by atoms with Crippen molar-refractivity contribution in [1.82, 2.24) is 0 Å². The number of rotatable bonds is 8. The van der Waals surface area contributed by atoms with Crippen molar-refractivity contribution in [2.75, 3.05) is 20.0 Å². The van der Waals surface area contributed by atoms with Gasteiger partial charge in [-0.1, -0.05) is 19.3 Å². The number of carbonyl (C=O) groups is 2. The van der Waals surface area contributed by atoms with Crippen molar-refractivity contribution in [1.29, 1.82) is 0 Å². The van der Waals surface area contributed by atoms with Gasteiger partial charge >= 0.3 is 12.1 Å². The topological polar surface area (TPSA) is 91.3 Å². The van der Waals surface area contributed by atoms with Crippen molar-refractivity contribution in [2.24, 2.45) is 5.92 Å². The van der Waals surface area contributed by atoms with Crippen molar-refractivity contribution in [2.45, 2.75) is 51.7 Å². The van der Waals surface area contributed by atoms with Crippen LogP contribution < -0.4 is 0 Å². The molecule has 21 heavy (non-hydrogen) atoms. The zero-order valence-corrected chi connectivity index (χ0v) is 12.4. The maximum absolute atomic E-state index is 11.8. The van der Waals surface area contributed by atoms with Gasteiger partial charge in [-0.05, 0) is 19.8 Å². The number of carbonyl (C=O) groups excluding carboxylic acids is 2. The van der Waals surface area contributed by atoms with Gasteiger partial charge in [0.1, 0.15) is 0 Å². The minimum atomic E-state index is -0.922. The SMILES string of the molecule is CC(OCCCOC(=O)OCO)OC(=O)C1CCCCC1. The monoisotopic (exact) mass is 304 g/mol. The van der Waals surface area contributed by atoms with Gasteiger partial charge in [0.25, 0.3) is 0 Å². The fraction of sp³-hybridized carbons (Fsp3) is 0.857. The summed E-state index contributed by atoms with van der Waals surface area (Å²) in [6.45, 7) is 1.37. The number of aliphatic hydroxyl groups is 1. The van der Waals surface area contributed by atoms with Crippen LogP contribution in [0.25, 0.3) is 0 Å². The van der Waals surface area contributed by atoms with E-state index in [4.69, 9.17) is 14.6 Å². The maximum Gasteiger partial charge on any atom is 0.510 e. The predicted octanol–water partition coefficient (Wildman–Crippen LogP) is 1.97. The zero-order chi connectivity index (χ0) is 15.5. The Kier molecular flexibility index (Phi) is 8.77. The summed E-state index contributed by atoms with van der Waals surface area (Å²) in [6.07, 6.45) is 4.06. The fourth-order valence-electron chi connectivity index (χ4n) is 2.19. The average molecular weight is 304 g/mol. The summed E-state index contributed by atoms with van der Waals surface area (Å²) in [5, 5.41) is 8.31. The zero-order valence-electron chi connectivity index (χ0n) is 12.4. The summed E-state index contributed by atoms with van der Waals surface area (Å²) in [4.78, 5) is 22.6. The summed E-state index contributed by atoms with van der Waals surface area (Å²) in [5.41, 5.74) is 0. The van der Waals surface area contributed by atoms with E-state index in [0.717, 1.165) is 25.7 Å². The molecule has 1 aliphatic carbocycles. The van der Waals surface area contributed by atoms with Crippen LogP contribution in [0.15, 0.2) is 0 Å². The molecule has 1 aliphatic rings. The van der Waals surface area contributed by atoms with Gasteiger partial charge in [0.05, 0.1) is 19.1 Å². The largest absolute Gasteiger partial charge is 0.510 e. The molecule has 1 saturated carbocycles. The van der Waals surface area contributed by atoms with Crippen molar-refractivity contribution in [3.63, 3.8) is 0 Å². The first-order chi connectivity index (χ1) is 10.1. The molecular formula is C14H24O7. The van der Waals surface area contributed by atoms with Crippen LogP contribution >= 0.6 is 0 Å². The molecule has 0 amide bonds. The molecule has 0 aromatic rings. The van der Waals surface area contributed by atoms with Gasteiger partial charge in [-0.2, -0.15) is 0 Å². The molecule has 0 radical (unpaired) electrons. The van der Waals surface area contributed by atoms with E-state index in [-0.39, 0.29) is 18.5 Å². The summed E-state index contributed by atoms with van der Waals surface area (Å²) in [7, 11) is 0. The third-order valence-corrected chi connectivity index (χ3v) is 3.26. The van der Waals surface area contributed by atoms with Gasteiger partial charge in [-0.3, -0.25) is 4.79 Å². The van der Waals surface area contributed by atoms with Gasteiger partial charge < -0.3 is 24.1 Å². The van der Waals surface area contributed by atoms with E-state index in [1.54, 1.807) is 6.92 Å². The summed E-state index contributed by atoms with van der Waals surface area (Å²) >= 11 is 0. The lowest BCUT2D eigenvalue weighted by Crippen LogP contribution is -2.26. The molecule has 1 fully saturated rings. The van der Waals surface area contributed by atoms with Crippen molar-refractivity contribution in [3.05, 3.63) is 0 Å². The molecule has 1 atom stereocenters. The molecular weight excluding hydrogens is 280 g/mol. The Morgan fingerprint density at radius 3 is 2.52 bits per heavy atom. The Labute approximate surface area is 124 Å². The average Bonchev–Trinajstić information content (AvgIpc) is 2.48. The first-order valence-electron chi connectivity index (χ1n) is 7.36. The molecule has 7 nitrogen and oxygen atoms in total. The lowest BCUT2D eigenvalue weighted by Gasteiger charge is -2.22. The van der Waals surface area contributed by atoms with Gasteiger partial charge in [-0.25, -0.2) is 4.79 Å². The minimum Gasteiger partial charge on any atom is -0.436 e. The first-order valence-corrected chi connectivity index (χ1v) is 7.36. The molecule has 0 bridgehead atoms. The van der Waals surface area contributed by atoms with E-state index < -0.39 is 19.2 Å². The second-order valence-corrected chi connectivity index (χ2v) is 4.94. The Morgan fingerprint density at radius 1 is 1.14 bits per heavy atom. The van der Waals surface area contributed by atoms with E-state index in [1.807, 2.05) is 0 Å². The normalized spacial score (nSPS) is 17.0. The molecule has 1 unspecified atom stereocenters. The van der Waals surface area contributed by atoms with Crippen LogP contribution in [0.4, 0.5) is 4.79 Å². The molecule has 7 heteroatoms. The van der Waals surface area contributed by atoms with Crippen molar-refractivity contribution >= 4 is 12.1 Å². The molecule has 122 valence electrons. The van der Waals surface area contributed by atoms with Crippen LogP contribution in [0.1, 0.15) is 45.4 Å². The van der Waals surface area contributed by atoms with Gasteiger partial charge in [-0.15, -0.1) is 0 Å². The summed E-state index contributed by atoms with van der Waals surface area (Å²) in [6, 6.07) is 0. The second-order valence-electron chi connectivity index (χ2n) is 4.94. The number of esters is 1. The molecule has 0 saturated heterocycles. The van der Waals surface area contributed by atoms with Crippen LogP contribution in [0.3, 0.4) is 0 Å². The Bertz CT molecular complexity index is 312. The first kappa shape index (κ1) is 17.7. The van der Waals surface area contributed by atoms with Crippen LogP contribution in [-0.2, 0) is 23.7 Å². The molecule has 0 spiro atoms. The van der Waals surface area contributed by atoms with Crippen LogP contribution in [0.2, 0.25) is 0 Å². The Hall–Kier alpha value is -1.34. The predicted molar refractivity (Wildman–Crippen MR) is 72.2 cm³/mol. The number of aliphatic hydroxyl groups excluding tert-OH is 1. The highest BCUT2D eigenvalue weighted by molar-refractivity contribution is 5.72. The number of hydrogen-bond donors (Lipinski definition) is 1. The van der Waals surface area contributed by atoms with Gasteiger partial charge in [0, 0.05) is 6.42 Å². The lowest BCUT2D eigenvalue weighted by molar-refractivity contribution is -0.180. The third kappa shape index (κ3) is 7.87. The van der Waals surface area contributed by atoms with Gasteiger partial charge in [0.2, 0.25) is 0 Å². The van der Waals surface area contributed by atoms with Crippen LogP contribution in [0.5, 0.6) is 0 Å². The fourth-order valence-corrected chi connectivity index (χ4v) is 2.19. The van der Waals surface area contributed by atoms with Crippen molar-refractivity contribution < 1.29 is 33.6 Å². The Morgan fingerprint density at radius 2 is 1.86 bits per heavy atom. The molecule has 1 rings (SSSR count). The minimum absolute atomic E-state index is 0.00128. The number of hydrogen-bond acceptors (Lipinski definition) is 7. The highest BCUT2D eigenvalue weighted by atomic mass is 16.8. The maximum atomic E-state index is 11.8. The molecule has 0 aliphatic heterocycles. The molecule has 1 N–H and O–H groups in total. The van der Waals surface area contributed by atoms with Crippen LogP contribution in [0, 0.1) is 5.92 Å². The van der Waals surface area contributed by atoms with Gasteiger partial charge in [0.15, 0.2) is 13.1 Å². The quantitative estimate of drug-likeness (QED) is 0.416. The van der Waals surface area contributed by atoms with Crippen LogP contribution in [-0.4, -0.2) is 43.5 Å². The summed E-state index contributed by atoms with van der Waals surface area (Å²) < 4.78 is 19.4. The highest BCUT2D eigenvalue weighted by Crippen LogP contribution is 2.25. The molecule has 0 aromatic carbocycles. The van der Waals surface area contributed by atoms with E-state index in [0.29, 0.717) is 13.0 Å². The van der Waals surface area contributed by atoms with E-state index in [2.05, 4.69) is 9.47 Å². The highest BCUT2D eigenvalue weighted by Gasteiger charge is 2.24. The summed E-state index contributed by atoms with van der Waals surface area (Å²) in [5.74, 6) is -0.189. The van der Waals surface area contributed by atoms with E-state index in [1.165, 1.54) is 6.42 Å². The molecule has 0 heterocycles. The molecule has 0 aromatic heterocycles. The van der Waals surface area contributed by atoms with Crippen molar-refractivity contribution in [3.8, 4) is 0 Å². The smallest absolute Gasteiger partial charge is 0.436 e. The van der Waals surface area contributed by atoms with E-state index >= 15 is 0 Å². The third-order valence-electron chi connectivity index (χ3n) is 3.26.